The van der Waals surface area contributed by atoms with Crippen molar-refractivity contribution in [3.05, 3.63) is 42.0 Å². The number of rotatable bonds is 5. The number of fused-ring (bicyclic) bond motifs is 1. The number of anilines is 2. The van der Waals surface area contributed by atoms with Gasteiger partial charge in [0, 0.05) is 32.4 Å². The van der Waals surface area contributed by atoms with Crippen LogP contribution in [0.1, 0.15) is 25.8 Å². The Morgan fingerprint density at radius 1 is 1.25 bits per heavy atom. The molecule has 1 aliphatic heterocycles. The average molecular weight is 330 g/mol. The quantitative estimate of drug-likeness (QED) is 0.846. The molecule has 0 saturated heterocycles. The van der Waals surface area contributed by atoms with Crippen molar-refractivity contribution in [1.29, 1.82) is 0 Å². The highest BCUT2D eigenvalue weighted by molar-refractivity contribution is 5.98. The molecule has 0 bridgehead atoms. The monoisotopic (exact) mass is 330 g/mol. The summed E-state index contributed by atoms with van der Waals surface area (Å²) >= 11 is 0. The number of aromatic nitrogens is 2. The van der Waals surface area contributed by atoms with Gasteiger partial charge in [0.1, 0.15) is 5.82 Å². The molecule has 0 spiro atoms. The molecule has 0 aliphatic carbocycles. The molecule has 0 atom stereocenters. The summed E-state index contributed by atoms with van der Waals surface area (Å²) in [7, 11) is 0. The molecule has 24 heavy (non-hydrogen) atoms. The van der Waals surface area contributed by atoms with E-state index in [4.69, 9.17) is 0 Å². The molecule has 1 aliphatic rings. The van der Waals surface area contributed by atoms with Gasteiger partial charge in [0.25, 0.3) is 0 Å². The molecular formula is C18H23FN4O. The number of halogens is 1. The summed E-state index contributed by atoms with van der Waals surface area (Å²) in [5.74, 6) is -0.336. The Morgan fingerprint density at radius 2 is 2.08 bits per heavy atom. The number of hydrogen-bond donors (Lipinski definition) is 0. The Bertz CT molecular complexity index is 728. The van der Waals surface area contributed by atoms with E-state index in [1.165, 1.54) is 12.1 Å². The first-order valence-electron chi connectivity index (χ1n) is 8.48. The zero-order valence-corrected chi connectivity index (χ0v) is 14.2. The van der Waals surface area contributed by atoms with Crippen LogP contribution in [0.25, 0.3) is 0 Å². The van der Waals surface area contributed by atoms with Gasteiger partial charge in [0.05, 0.1) is 24.0 Å². The van der Waals surface area contributed by atoms with Crippen molar-refractivity contribution >= 4 is 17.3 Å². The molecule has 3 rings (SSSR count). The predicted molar refractivity (Wildman–Crippen MR) is 92.9 cm³/mol. The average Bonchev–Trinajstić information content (AvgIpc) is 3.02. The van der Waals surface area contributed by atoms with E-state index in [2.05, 4.69) is 16.9 Å². The molecular weight excluding hydrogens is 307 g/mol. The summed E-state index contributed by atoms with van der Waals surface area (Å²) in [6.07, 6.45) is 4.91. The van der Waals surface area contributed by atoms with E-state index in [0.29, 0.717) is 12.2 Å². The summed E-state index contributed by atoms with van der Waals surface area (Å²) in [6, 6.07) is 4.69. The molecule has 128 valence electrons. The maximum Gasteiger partial charge on any atom is 0.231 e. The lowest BCUT2D eigenvalue weighted by molar-refractivity contribution is -0.118. The first-order valence-corrected chi connectivity index (χ1v) is 8.48. The Labute approximate surface area is 141 Å². The molecule has 0 saturated carbocycles. The number of carbonyl (C=O) groups is 1. The lowest BCUT2D eigenvalue weighted by Crippen LogP contribution is -2.45. The Kier molecular flexibility index (Phi) is 4.83. The van der Waals surface area contributed by atoms with E-state index in [-0.39, 0.29) is 18.1 Å². The molecule has 0 unspecified atom stereocenters. The second-order valence-corrected chi connectivity index (χ2v) is 6.05. The number of aryl methyl sites for hydroxylation is 1. The van der Waals surface area contributed by atoms with Gasteiger partial charge in [-0.1, -0.05) is 6.92 Å². The highest BCUT2D eigenvalue weighted by Gasteiger charge is 2.27. The molecule has 2 heterocycles. The van der Waals surface area contributed by atoms with Crippen molar-refractivity contribution < 1.29 is 9.18 Å². The van der Waals surface area contributed by atoms with E-state index < -0.39 is 0 Å². The summed E-state index contributed by atoms with van der Waals surface area (Å²) in [4.78, 5) is 16.7. The van der Waals surface area contributed by atoms with Gasteiger partial charge in [-0.3, -0.25) is 9.48 Å². The van der Waals surface area contributed by atoms with Gasteiger partial charge < -0.3 is 9.80 Å². The van der Waals surface area contributed by atoms with E-state index in [0.717, 1.165) is 37.3 Å². The highest BCUT2D eigenvalue weighted by Crippen LogP contribution is 2.34. The SMILES string of the molecule is CCCN1CCN(C(=O)Cc2cnn(CC)c2)c2cc(F)ccc21. The fourth-order valence-electron chi connectivity index (χ4n) is 3.14. The number of amides is 1. The third-order valence-corrected chi connectivity index (χ3v) is 4.32. The normalized spacial score (nSPS) is 14.0. The second kappa shape index (κ2) is 7.03. The molecule has 2 aromatic rings. The molecule has 5 nitrogen and oxygen atoms in total. The third kappa shape index (κ3) is 3.27. The van der Waals surface area contributed by atoms with Crippen LogP contribution in [0.3, 0.4) is 0 Å². The van der Waals surface area contributed by atoms with Crippen molar-refractivity contribution in [3.8, 4) is 0 Å². The minimum absolute atomic E-state index is 0.0198. The largest absolute Gasteiger partial charge is 0.368 e. The van der Waals surface area contributed by atoms with Gasteiger partial charge in [0.2, 0.25) is 5.91 Å². The van der Waals surface area contributed by atoms with Crippen LogP contribution in [0, 0.1) is 5.82 Å². The fourth-order valence-corrected chi connectivity index (χ4v) is 3.14. The van der Waals surface area contributed by atoms with E-state index in [1.54, 1.807) is 21.8 Å². The van der Waals surface area contributed by atoms with Crippen LogP contribution >= 0.6 is 0 Å². The van der Waals surface area contributed by atoms with Crippen molar-refractivity contribution in [1.82, 2.24) is 9.78 Å². The van der Waals surface area contributed by atoms with Gasteiger partial charge in [-0.2, -0.15) is 5.10 Å². The minimum Gasteiger partial charge on any atom is -0.368 e. The number of nitrogens with zero attached hydrogens (tertiary/aromatic N) is 4. The molecule has 1 aromatic heterocycles. The van der Waals surface area contributed by atoms with E-state index >= 15 is 0 Å². The summed E-state index contributed by atoms with van der Waals surface area (Å²) < 4.78 is 15.6. The predicted octanol–water partition coefficient (Wildman–Crippen LogP) is 2.85. The zero-order chi connectivity index (χ0) is 17.1. The molecule has 0 fully saturated rings. The van der Waals surface area contributed by atoms with Crippen LogP contribution in [0.5, 0.6) is 0 Å². The fraction of sp³-hybridized carbons (Fsp3) is 0.444. The highest BCUT2D eigenvalue weighted by atomic mass is 19.1. The summed E-state index contributed by atoms with van der Waals surface area (Å²) in [5, 5.41) is 4.21. The van der Waals surface area contributed by atoms with Crippen LogP contribution in [-0.4, -0.2) is 35.3 Å². The minimum atomic E-state index is -0.316. The Balaban J connectivity index is 1.84. The molecule has 1 amide bonds. The summed E-state index contributed by atoms with van der Waals surface area (Å²) in [5.41, 5.74) is 2.49. The van der Waals surface area contributed by atoms with Gasteiger partial charge >= 0.3 is 0 Å². The maximum atomic E-state index is 13.8. The first-order chi connectivity index (χ1) is 11.6. The van der Waals surface area contributed by atoms with Gasteiger partial charge in [-0.05, 0) is 37.1 Å². The van der Waals surface area contributed by atoms with Crippen LogP contribution in [0.2, 0.25) is 0 Å². The van der Waals surface area contributed by atoms with Gasteiger partial charge in [-0.15, -0.1) is 0 Å². The second-order valence-electron chi connectivity index (χ2n) is 6.05. The molecule has 0 radical (unpaired) electrons. The van der Waals surface area contributed by atoms with Gasteiger partial charge in [0.15, 0.2) is 0 Å². The topological polar surface area (TPSA) is 41.4 Å². The van der Waals surface area contributed by atoms with E-state index in [9.17, 15) is 9.18 Å². The van der Waals surface area contributed by atoms with Crippen molar-refractivity contribution in [2.45, 2.75) is 33.2 Å². The van der Waals surface area contributed by atoms with Gasteiger partial charge in [-0.25, -0.2) is 4.39 Å². The zero-order valence-electron chi connectivity index (χ0n) is 14.2. The molecule has 6 heteroatoms. The van der Waals surface area contributed by atoms with E-state index in [1.807, 2.05) is 13.1 Å². The molecule has 1 aromatic carbocycles. The van der Waals surface area contributed by atoms with Crippen molar-refractivity contribution in [2.75, 3.05) is 29.4 Å². The Morgan fingerprint density at radius 3 is 2.79 bits per heavy atom. The Hall–Kier alpha value is -2.37. The number of carbonyl (C=O) groups excluding carboxylic acids is 1. The van der Waals surface area contributed by atoms with Crippen LogP contribution < -0.4 is 9.80 Å². The first kappa shape index (κ1) is 16.5. The molecule has 0 N–H and O–H groups in total. The number of hydrogen-bond acceptors (Lipinski definition) is 3. The summed E-state index contributed by atoms with van der Waals surface area (Å²) in [6.45, 7) is 7.15. The number of benzene rings is 1. The van der Waals surface area contributed by atoms with Crippen LogP contribution in [-0.2, 0) is 17.8 Å². The van der Waals surface area contributed by atoms with Crippen LogP contribution in [0.15, 0.2) is 30.6 Å². The standard InChI is InChI=1S/C18H23FN4O/c1-3-7-21-8-9-23(17-11-15(19)5-6-16(17)21)18(24)10-14-12-20-22(4-2)13-14/h5-6,11-13H,3-4,7-10H2,1-2H3. The smallest absolute Gasteiger partial charge is 0.231 e. The van der Waals surface area contributed by atoms with Crippen molar-refractivity contribution in [3.63, 3.8) is 0 Å². The maximum absolute atomic E-state index is 13.8. The lowest BCUT2D eigenvalue weighted by atomic mass is 10.1. The van der Waals surface area contributed by atoms with Crippen LogP contribution in [0.4, 0.5) is 15.8 Å². The third-order valence-electron chi connectivity index (χ3n) is 4.32. The lowest BCUT2D eigenvalue weighted by Gasteiger charge is -2.37. The van der Waals surface area contributed by atoms with Crippen molar-refractivity contribution in [2.24, 2.45) is 0 Å².